The average Bonchev–Trinajstić information content (AvgIpc) is 2.51. The van der Waals surface area contributed by atoms with Gasteiger partial charge in [-0.05, 0) is 61.3 Å². The lowest BCUT2D eigenvalue weighted by molar-refractivity contribution is -0.173. The molecule has 1 aromatic carbocycles. The molecule has 3 unspecified atom stereocenters. The first-order valence-corrected chi connectivity index (χ1v) is 9.66. The highest BCUT2D eigenvalue weighted by Crippen LogP contribution is 2.50. The fraction of sp³-hybridized carbons (Fsp3) is 0.600. The van der Waals surface area contributed by atoms with Crippen LogP contribution in [0.5, 0.6) is 0 Å². The Labute approximate surface area is 160 Å². The van der Waals surface area contributed by atoms with E-state index in [-0.39, 0.29) is 29.1 Å². The molecule has 28 heavy (non-hydrogen) atoms. The number of carboxylic acids is 1. The molecule has 0 aromatic heterocycles. The van der Waals surface area contributed by atoms with Gasteiger partial charge in [-0.1, -0.05) is 13.3 Å². The number of hydrogen-bond acceptors (Lipinski definition) is 2. The van der Waals surface area contributed by atoms with Crippen molar-refractivity contribution < 1.29 is 27.9 Å². The number of hydrogen-bond donors (Lipinski definition) is 2. The van der Waals surface area contributed by atoms with Crippen LogP contribution in [0.3, 0.4) is 0 Å². The molecule has 3 atom stereocenters. The van der Waals surface area contributed by atoms with E-state index in [0.29, 0.717) is 25.7 Å². The molecule has 2 aliphatic heterocycles. The molecule has 2 amide bonds. The number of halogens is 3. The smallest absolute Gasteiger partial charge is 0.416 e. The van der Waals surface area contributed by atoms with Crippen LogP contribution in [0.4, 0.5) is 23.7 Å². The van der Waals surface area contributed by atoms with E-state index in [1.165, 1.54) is 17.0 Å². The van der Waals surface area contributed by atoms with Crippen molar-refractivity contribution in [3.63, 3.8) is 0 Å². The minimum atomic E-state index is -4.44. The average molecular weight is 396 g/mol. The Kier molecular flexibility index (Phi) is 4.35. The molecule has 2 aliphatic carbocycles. The number of rotatable bonds is 3. The molecule has 152 valence electrons. The number of amides is 2. The normalized spacial score (nSPS) is 29.6. The van der Waals surface area contributed by atoms with Gasteiger partial charge in [-0.3, -0.25) is 0 Å². The molecule has 2 saturated heterocycles. The molecule has 5 nitrogen and oxygen atoms in total. The molecule has 0 spiro atoms. The number of nitrogens with zero attached hydrogens (tertiary/aromatic N) is 1. The van der Waals surface area contributed by atoms with E-state index in [0.717, 1.165) is 18.9 Å². The Bertz CT molecular complexity index is 821. The van der Waals surface area contributed by atoms with Crippen LogP contribution in [0.15, 0.2) is 18.2 Å². The molecule has 5 rings (SSSR count). The number of anilines is 1. The molecule has 2 bridgehead atoms. The number of carbonyl (C=O) groups excluding carboxylic acids is 1. The van der Waals surface area contributed by atoms with Gasteiger partial charge in [0.1, 0.15) is 5.54 Å². The van der Waals surface area contributed by atoms with Gasteiger partial charge in [0.2, 0.25) is 0 Å². The van der Waals surface area contributed by atoms with Crippen molar-refractivity contribution in [1.82, 2.24) is 4.90 Å². The summed E-state index contributed by atoms with van der Waals surface area (Å²) in [5.74, 6) is -0.953. The lowest BCUT2D eigenvalue weighted by atomic mass is 9.64. The standard InChI is InChI=1S/C20H23F3N2O3/c1-11-7-14-10-19(9-11,17(26)27)25(14)18(28)24-13-5-6-16(20(21,22)23)15(8-13)12-3-2-4-12/h5-6,8,11-12,14H,2-4,7,9-10H2,1H3,(H,24,28)(H,26,27). The van der Waals surface area contributed by atoms with Crippen LogP contribution in [0, 0.1) is 5.92 Å². The SMILES string of the molecule is CC1CC2CC(C(=O)O)(C1)N2C(=O)Nc1ccc(C(F)(F)F)c(C2CCC2)c1. The lowest BCUT2D eigenvalue weighted by Crippen LogP contribution is -2.75. The topological polar surface area (TPSA) is 69.6 Å². The second kappa shape index (κ2) is 6.39. The van der Waals surface area contributed by atoms with E-state index >= 15 is 0 Å². The van der Waals surface area contributed by atoms with Crippen LogP contribution in [0.25, 0.3) is 0 Å². The van der Waals surface area contributed by atoms with Crippen molar-refractivity contribution in [2.24, 2.45) is 5.92 Å². The van der Waals surface area contributed by atoms with Gasteiger partial charge in [0.05, 0.1) is 5.56 Å². The van der Waals surface area contributed by atoms with Crippen molar-refractivity contribution in [1.29, 1.82) is 0 Å². The molecule has 0 radical (unpaired) electrons. The maximum absolute atomic E-state index is 13.3. The van der Waals surface area contributed by atoms with E-state index in [4.69, 9.17) is 0 Å². The van der Waals surface area contributed by atoms with Gasteiger partial charge in [-0.15, -0.1) is 0 Å². The number of alkyl halides is 3. The third-order valence-corrected chi connectivity index (χ3v) is 6.53. The maximum atomic E-state index is 13.3. The second-order valence-corrected chi connectivity index (χ2v) is 8.47. The minimum Gasteiger partial charge on any atom is -0.479 e. The van der Waals surface area contributed by atoms with Crippen LogP contribution >= 0.6 is 0 Å². The minimum absolute atomic E-state index is 0.139. The van der Waals surface area contributed by atoms with Crippen LogP contribution in [0.2, 0.25) is 0 Å². The lowest BCUT2D eigenvalue weighted by Gasteiger charge is -2.60. The molecular formula is C20H23F3N2O3. The number of urea groups is 1. The molecule has 2 N–H and O–H groups in total. The molecule has 2 saturated carbocycles. The summed E-state index contributed by atoms with van der Waals surface area (Å²) in [7, 11) is 0. The summed E-state index contributed by atoms with van der Waals surface area (Å²) in [4.78, 5) is 26.0. The first kappa shape index (κ1) is 19.1. The summed E-state index contributed by atoms with van der Waals surface area (Å²) in [5.41, 5.74) is -1.37. The first-order chi connectivity index (χ1) is 13.1. The maximum Gasteiger partial charge on any atom is 0.416 e. The Morgan fingerprint density at radius 3 is 2.54 bits per heavy atom. The molecule has 4 fully saturated rings. The summed E-state index contributed by atoms with van der Waals surface area (Å²) in [6.45, 7) is 1.97. The van der Waals surface area contributed by atoms with Gasteiger partial charge in [0.15, 0.2) is 0 Å². The van der Waals surface area contributed by atoms with Gasteiger partial charge in [0, 0.05) is 18.2 Å². The van der Waals surface area contributed by atoms with Crippen LogP contribution in [0.1, 0.15) is 62.5 Å². The Balaban J connectivity index is 1.58. The molecular weight excluding hydrogens is 373 g/mol. The summed E-state index contributed by atoms with van der Waals surface area (Å²) in [6, 6.07) is 2.96. The molecule has 1 aromatic rings. The van der Waals surface area contributed by atoms with E-state index in [1.807, 2.05) is 6.92 Å². The van der Waals surface area contributed by atoms with E-state index in [9.17, 15) is 27.9 Å². The highest BCUT2D eigenvalue weighted by Gasteiger charge is 2.63. The van der Waals surface area contributed by atoms with Crippen molar-refractivity contribution >= 4 is 17.7 Å². The highest BCUT2D eigenvalue weighted by molar-refractivity contribution is 5.96. The highest BCUT2D eigenvalue weighted by atomic mass is 19.4. The largest absolute Gasteiger partial charge is 0.479 e. The third-order valence-electron chi connectivity index (χ3n) is 6.53. The molecule has 4 aliphatic rings. The van der Waals surface area contributed by atoms with Crippen molar-refractivity contribution in [3.05, 3.63) is 29.3 Å². The summed E-state index contributed by atoms with van der Waals surface area (Å²) >= 11 is 0. The fourth-order valence-electron chi connectivity index (χ4n) is 5.09. The Hall–Kier alpha value is -2.25. The van der Waals surface area contributed by atoms with Gasteiger partial charge in [-0.2, -0.15) is 13.2 Å². The van der Waals surface area contributed by atoms with Crippen LogP contribution in [-0.2, 0) is 11.0 Å². The zero-order valence-corrected chi connectivity index (χ0v) is 15.6. The predicted molar refractivity (Wildman–Crippen MR) is 96.1 cm³/mol. The number of fused-ring (bicyclic) bond motifs is 2. The molecule has 2 heterocycles. The van der Waals surface area contributed by atoms with E-state index < -0.39 is 29.3 Å². The molecule has 8 heteroatoms. The van der Waals surface area contributed by atoms with E-state index in [1.54, 1.807) is 0 Å². The van der Waals surface area contributed by atoms with Gasteiger partial charge >= 0.3 is 18.2 Å². The second-order valence-electron chi connectivity index (χ2n) is 8.47. The number of carbonyl (C=O) groups is 2. The van der Waals surface area contributed by atoms with Crippen LogP contribution in [-0.4, -0.2) is 33.6 Å². The van der Waals surface area contributed by atoms with Crippen molar-refractivity contribution in [2.75, 3.05) is 5.32 Å². The monoisotopic (exact) mass is 396 g/mol. The zero-order valence-electron chi connectivity index (χ0n) is 15.6. The Morgan fingerprint density at radius 1 is 1.25 bits per heavy atom. The Morgan fingerprint density at radius 2 is 1.96 bits per heavy atom. The summed E-state index contributed by atoms with van der Waals surface area (Å²) < 4.78 is 40.0. The number of nitrogens with one attached hydrogen (secondary N) is 1. The first-order valence-electron chi connectivity index (χ1n) is 9.66. The predicted octanol–water partition coefficient (Wildman–Crippen LogP) is 4.83. The van der Waals surface area contributed by atoms with Gasteiger partial charge in [-0.25, -0.2) is 9.59 Å². The summed E-state index contributed by atoms with van der Waals surface area (Å²) in [5, 5.41) is 12.3. The van der Waals surface area contributed by atoms with Crippen molar-refractivity contribution in [3.8, 4) is 0 Å². The fourth-order valence-corrected chi connectivity index (χ4v) is 5.09. The van der Waals surface area contributed by atoms with Gasteiger partial charge < -0.3 is 15.3 Å². The number of carboxylic acid groups (broad SMARTS) is 1. The third kappa shape index (κ3) is 2.93. The van der Waals surface area contributed by atoms with Gasteiger partial charge in [0.25, 0.3) is 0 Å². The number of benzene rings is 1. The quantitative estimate of drug-likeness (QED) is 0.769. The number of aliphatic carboxylic acids is 1. The summed E-state index contributed by atoms with van der Waals surface area (Å²) in [6.07, 6.45) is -0.571. The van der Waals surface area contributed by atoms with E-state index in [2.05, 4.69) is 5.32 Å². The van der Waals surface area contributed by atoms with Crippen molar-refractivity contribution in [2.45, 2.75) is 69.1 Å². The number of piperidine rings is 1. The van der Waals surface area contributed by atoms with Crippen LogP contribution < -0.4 is 5.32 Å². The zero-order chi connectivity index (χ0) is 20.3.